The van der Waals surface area contributed by atoms with Crippen molar-refractivity contribution in [3.63, 3.8) is 0 Å². The number of aliphatic hydroxyl groups is 1. The van der Waals surface area contributed by atoms with Crippen LogP contribution in [0.25, 0.3) is 0 Å². The Kier molecular flexibility index (Phi) is 7.76. The second-order valence-corrected chi connectivity index (χ2v) is 6.42. The minimum absolute atomic E-state index is 0.0788. The summed E-state index contributed by atoms with van der Waals surface area (Å²) in [7, 11) is 0. The summed E-state index contributed by atoms with van der Waals surface area (Å²) in [4.78, 5) is 48.6. The summed E-state index contributed by atoms with van der Waals surface area (Å²) in [5.41, 5.74) is -8.34. The quantitative estimate of drug-likeness (QED) is 0.386. The van der Waals surface area contributed by atoms with Crippen LogP contribution in [0.3, 0.4) is 0 Å². The summed E-state index contributed by atoms with van der Waals surface area (Å²) in [5.74, 6) is -6.54. The summed E-state index contributed by atoms with van der Waals surface area (Å²) in [6.07, 6.45) is -0.558. The van der Waals surface area contributed by atoms with Crippen LogP contribution < -0.4 is 0 Å². The lowest BCUT2D eigenvalue weighted by Gasteiger charge is -2.49. The normalized spacial score (nSPS) is 16.5. The molecular weight excluding hydrogens is 332 g/mol. The van der Waals surface area contributed by atoms with E-state index in [0.717, 1.165) is 6.92 Å². The highest BCUT2D eigenvalue weighted by molar-refractivity contribution is 6.10. The monoisotopic (exact) mass is 360 g/mol. The highest BCUT2D eigenvalue weighted by Gasteiger charge is 2.74. The van der Waals surface area contributed by atoms with Gasteiger partial charge in [-0.2, -0.15) is 0 Å². The summed E-state index contributed by atoms with van der Waals surface area (Å²) in [6.45, 7) is 5.62. The first-order valence-electron chi connectivity index (χ1n) is 8.39. The molecule has 144 valence electrons. The molecular formula is C17H28O8. The largest absolute Gasteiger partial charge is 0.481 e. The number of hydrogen-bond donors (Lipinski definition) is 4. The maximum Gasteiger partial charge on any atom is 0.338 e. The molecule has 25 heavy (non-hydrogen) atoms. The number of carboxylic acid groups (broad SMARTS) is 3. The lowest BCUT2D eigenvalue weighted by Crippen LogP contribution is -2.71. The van der Waals surface area contributed by atoms with Gasteiger partial charge in [-0.15, -0.1) is 0 Å². The van der Waals surface area contributed by atoms with E-state index in [4.69, 9.17) is 0 Å². The minimum atomic E-state index is -3.29. The van der Waals surface area contributed by atoms with Crippen molar-refractivity contribution < 1.29 is 39.6 Å². The Hall–Kier alpha value is -1.96. The third-order valence-electron chi connectivity index (χ3n) is 4.97. The van der Waals surface area contributed by atoms with Crippen LogP contribution in [0.5, 0.6) is 0 Å². The summed E-state index contributed by atoms with van der Waals surface area (Å²) < 4.78 is 0. The number of hydrogen-bond acceptors (Lipinski definition) is 5. The van der Waals surface area contributed by atoms with Crippen LogP contribution in [0.15, 0.2) is 0 Å². The van der Waals surface area contributed by atoms with Crippen LogP contribution in [-0.4, -0.2) is 49.7 Å². The molecule has 8 heteroatoms. The van der Waals surface area contributed by atoms with Crippen molar-refractivity contribution in [1.82, 2.24) is 0 Å². The van der Waals surface area contributed by atoms with E-state index in [9.17, 15) is 39.6 Å². The first kappa shape index (κ1) is 23.0. The van der Waals surface area contributed by atoms with Crippen molar-refractivity contribution in [2.75, 3.05) is 0 Å². The smallest absolute Gasteiger partial charge is 0.338 e. The third-order valence-corrected chi connectivity index (χ3v) is 4.97. The van der Waals surface area contributed by atoms with Gasteiger partial charge in [0.15, 0.2) is 11.2 Å². The van der Waals surface area contributed by atoms with E-state index in [-0.39, 0.29) is 32.1 Å². The van der Waals surface area contributed by atoms with E-state index in [2.05, 4.69) is 0 Å². The van der Waals surface area contributed by atoms with E-state index in [0.29, 0.717) is 0 Å². The molecule has 0 bridgehead atoms. The van der Waals surface area contributed by atoms with Gasteiger partial charge < -0.3 is 20.4 Å². The molecule has 0 aromatic carbocycles. The number of carboxylic acids is 3. The molecule has 0 rings (SSSR count). The average molecular weight is 360 g/mol. The SMILES string of the molecule is CCCC(CCC)(C(=O)O)C(O)(C(=O)O)C(CCC)(C(C)=O)C(=O)O. The van der Waals surface area contributed by atoms with Crippen LogP contribution >= 0.6 is 0 Å². The standard InChI is InChI=1S/C17H28O8/c1-5-8-15(9-6-2,12(19)20)17(25,14(23)24)16(10-7-3,11(4)18)13(21)22/h25H,5-10H2,1-4H3,(H,19,20)(H,21,22)(H,23,24). The number of carbonyl (C=O) groups is 4. The lowest BCUT2D eigenvalue weighted by molar-refractivity contribution is -0.223. The van der Waals surface area contributed by atoms with Crippen LogP contribution in [0, 0.1) is 10.8 Å². The molecule has 8 nitrogen and oxygen atoms in total. The predicted octanol–water partition coefficient (Wildman–Crippen LogP) is 1.93. The van der Waals surface area contributed by atoms with Crippen LogP contribution in [0.2, 0.25) is 0 Å². The second-order valence-electron chi connectivity index (χ2n) is 6.42. The molecule has 0 aromatic heterocycles. The molecule has 0 amide bonds. The number of Topliss-reactive ketones (excluding diaryl/α,β-unsaturated/α-hetero) is 1. The zero-order valence-electron chi connectivity index (χ0n) is 15.2. The van der Waals surface area contributed by atoms with Gasteiger partial charge in [-0.1, -0.05) is 40.0 Å². The number of aliphatic carboxylic acids is 3. The van der Waals surface area contributed by atoms with Crippen molar-refractivity contribution in [3.05, 3.63) is 0 Å². The molecule has 2 unspecified atom stereocenters. The van der Waals surface area contributed by atoms with Crippen molar-refractivity contribution in [3.8, 4) is 0 Å². The van der Waals surface area contributed by atoms with Crippen molar-refractivity contribution in [2.24, 2.45) is 10.8 Å². The molecule has 0 aromatic rings. The Balaban J connectivity index is 7.18. The maximum absolute atomic E-state index is 12.3. The fraction of sp³-hybridized carbons (Fsp3) is 0.765. The number of ketones is 1. The van der Waals surface area contributed by atoms with Gasteiger partial charge in [0.2, 0.25) is 5.60 Å². The molecule has 0 aliphatic heterocycles. The third kappa shape index (κ3) is 3.27. The van der Waals surface area contributed by atoms with E-state index in [1.165, 1.54) is 6.92 Å². The molecule has 0 saturated heterocycles. The summed E-state index contributed by atoms with van der Waals surface area (Å²) in [6, 6.07) is 0. The number of carbonyl (C=O) groups excluding carboxylic acids is 1. The molecule has 0 radical (unpaired) electrons. The van der Waals surface area contributed by atoms with E-state index in [1.807, 2.05) is 0 Å². The van der Waals surface area contributed by atoms with Crippen molar-refractivity contribution in [1.29, 1.82) is 0 Å². The number of rotatable bonds is 12. The summed E-state index contributed by atoms with van der Waals surface area (Å²) in [5, 5.41) is 40.6. The Morgan fingerprint density at radius 2 is 1.12 bits per heavy atom. The summed E-state index contributed by atoms with van der Waals surface area (Å²) >= 11 is 0. The zero-order valence-corrected chi connectivity index (χ0v) is 15.2. The van der Waals surface area contributed by atoms with Gasteiger partial charge in [-0.25, -0.2) is 4.79 Å². The molecule has 0 heterocycles. The molecule has 0 fully saturated rings. The Bertz CT molecular complexity index is 519. The Morgan fingerprint density at radius 3 is 1.32 bits per heavy atom. The average Bonchev–Trinajstić information content (AvgIpc) is 2.50. The van der Waals surface area contributed by atoms with E-state index < -0.39 is 46.5 Å². The van der Waals surface area contributed by atoms with Gasteiger partial charge in [-0.3, -0.25) is 14.4 Å². The van der Waals surface area contributed by atoms with Crippen LogP contribution in [-0.2, 0) is 19.2 Å². The maximum atomic E-state index is 12.3. The van der Waals surface area contributed by atoms with E-state index >= 15 is 0 Å². The first-order chi connectivity index (χ1) is 11.5. The molecule has 0 aliphatic rings. The van der Waals surface area contributed by atoms with Gasteiger partial charge >= 0.3 is 17.9 Å². The molecule has 2 atom stereocenters. The molecule has 4 N–H and O–H groups in total. The van der Waals surface area contributed by atoms with Gasteiger partial charge in [0.1, 0.15) is 5.41 Å². The van der Waals surface area contributed by atoms with Gasteiger partial charge in [0, 0.05) is 0 Å². The van der Waals surface area contributed by atoms with Crippen LogP contribution in [0.1, 0.15) is 66.2 Å². The minimum Gasteiger partial charge on any atom is -0.481 e. The van der Waals surface area contributed by atoms with Crippen molar-refractivity contribution in [2.45, 2.75) is 71.8 Å². The fourth-order valence-electron chi connectivity index (χ4n) is 3.90. The van der Waals surface area contributed by atoms with Crippen molar-refractivity contribution >= 4 is 23.7 Å². The second kappa shape index (κ2) is 8.42. The Labute approximate surface area is 146 Å². The molecule has 0 spiro atoms. The van der Waals surface area contributed by atoms with Crippen LogP contribution in [0.4, 0.5) is 0 Å². The molecule has 0 aliphatic carbocycles. The van der Waals surface area contributed by atoms with E-state index in [1.54, 1.807) is 13.8 Å². The first-order valence-corrected chi connectivity index (χ1v) is 8.39. The molecule has 0 saturated carbocycles. The predicted molar refractivity (Wildman–Crippen MR) is 88.1 cm³/mol. The van der Waals surface area contributed by atoms with Gasteiger partial charge in [-0.05, 0) is 26.2 Å². The fourth-order valence-corrected chi connectivity index (χ4v) is 3.90. The highest BCUT2D eigenvalue weighted by atomic mass is 16.4. The topological polar surface area (TPSA) is 149 Å². The highest BCUT2D eigenvalue weighted by Crippen LogP contribution is 2.53. The Morgan fingerprint density at radius 1 is 0.720 bits per heavy atom. The van der Waals surface area contributed by atoms with Gasteiger partial charge in [0.25, 0.3) is 0 Å². The van der Waals surface area contributed by atoms with Gasteiger partial charge in [0.05, 0.1) is 0 Å². The zero-order chi connectivity index (χ0) is 20.1. The lowest BCUT2D eigenvalue weighted by atomic mass is 9.52.